The van der Waals surface area contributed by atoms with Crippen molar-refractivity contribution in [2.45, 2.75) is 18.1 Å². The van der Waals surface area contributed by atoms with Crippen molar-refractivity contribution in [3.63, 3.8) is 0 Å². The van der Waals surface area contributed by atoms with Crippen molar-refractivity contribution < 1.29 is 24.1 Å². The number of alkyl carbamates (subject to hydrolysis) is 1. The maximum absolute atomic E-state index is 13.4. The number of carbonyl (C=O) groups excluding carboxylic acids is 1. The Bertz CT molecular complexity index is 1150. The Balaban J connectivity index is 1.34. The summed E-state index contributed by atoms with van der Waals surface area (Å²) in [5.74, 6) is -0.804. The number of aliphatic hydroxyl groups excluding tert-OH is 2. The molecule has 6 nitrogen and oxygen atoms in total. The molecule has 1 amide bonds. The zero-order valence-electron chi connectivity index (χ0n) is 17.0. The molecule has 3 aromatic rings. The van der Waals surface area contributed by atoms with Crippen molar-refractivity contribution in [2.24, 2.45) is 0 Å². The van der Waals surface area contributed by atoms with Gasteiger partial charge in [-0.25, -0.2) is 9.18 Å². The van der Waals surface area contributed by atoms with Gasteiger partial charge < -0.3 is 20.3 Å². The van der Waals surface area contributed by atoms with Crippen LogP contribution in [0.2, 0.25) is 0 Å². The van der Waals surface area contributed by atoms with Crippen molar-refractivity contribution in [2.75, 3.05) is 13.2 Å². The molecule has 0 fully saturated rings. The van der Waals surface area contributed by atoms with Gasteiger partial charge in [-0.2, -0.15) is 5.26 Å². The summed E-state index contributed by atoms with van der Waals surface area (Å²) in [7, 11) is 0. The Morgan fingerprint density at radius 3 is 2.31 bits per heavy atom. The normalized spacial score (nSPS) is 14.1. The minimum absolute atomic E-state index is 0.0905. The number of aliphatic hydroxyl groups is 2. The summed E-state index contributed by atoms with van der Waals surface area (Å²) >= 11 is 0. The Morgan fingerprint density at radius 1 is 1.06 bits per heavy atom. The van der Waals surface area contributed by atoms with Crippen molar-refractivity contribution in [1.82, 2.24) is 5.32 Å². The van der Waals surface area contributed by atoms with E-state index in [1.807, 2.05) is 48.5 Å². The Morgan fingerprint density at radius 2 is 1.69 bits per heavy atom. The molecule has 0 radical (unpaired) electrons. The second kappa shape index (κ2) is 9.18. The first-order valence-electron chi connectivity index (χ1n) is 10.1. The van der Waals surface area contributed by atoms with Crippen LogP contribution in [0.5, 0.6) is 0 Å². The second-order valence-corrected chi connectivity index (χ2v) is 7.57. The quantitative estimate of drug-likeness (QED) is 0.552. The number of nitrogens with zero attached hydrogens (tertiary/aromatic N) is 1. The first kappa shape index (κ1) is 21.5. The second-order valence-electron chi connectivity index (χ2n) is 7.57. The molecule has 0 saturated heterocycles. The van der Waals surface area contributed by atoms with E-state index in [0.717, 1.165) is 34.4 Å². The average molecular weight is 432 g/mol. The van der Waals surface area contributed by atoms with Gasteiger partial charge in [-0.3, -0.25) is 0 Å². The van der Waals surface area contributed by atoms with E-state index in [1.165, 1.54) is 6.07 Å². The van der Waals surface area contributed by atoms with Crippen molar-refractivity contribution in [3.8, 4) is 17.2 Å². The molecular formula is C25H21FN2O4. The molecule has 1 aliphatic carbocycles. The molecule has 32 heavy (non-hydrogen) atoms. The van der Waals surface area contributed by atoms with Gasteiger partial charge >= 0.3 is 6.09 Å². The van der Waals surface area contributed by atoms with Gasteiger partial charge in [0.1, 0.15) is 30.7 Å². The summed E-state index contributed by atoms with van der Waals surface area (Å²) in [5.41, 5.74) is 4.34. The van der Waals surface area contributed by atoms with E-state index in [0.29, 0.717) is 0 Å². The molecule has 0 aromatic heterocycles. The van der Waals surface area contributed by atoms with Gasteiger partial charge in [-0.1, -0.05) is 54.6 Å². The fraction of sp³-hybridized carbons (Fsp3) is 0.200. The topological polar surface area (TPSA) is 103 Å². The number of hydrogen-bond acceptors (Lipinski definition) is 5. The first-order valence-corrected chi connectivity index (χ1v) is 10.1. The van der Waals surface area contributed by atoms with Gasteiger partial charge in [0, 0.05) is 12.5 Å². The Hall–Kier alpha value is -3.73. The number of amides is 1. The molecule has 2 atom stereocenters. The van der Waals surface area contributed by atoms with E-state index in [2.05, 4.69) is 5.32 Å². The number of benzene rings is 3. The molecule has 3 N–H and O–H groups in total. The van der Waals surface area contributed by atoms with E-state index < -0.39 is 24.1 Å². The summed E-state index contributed by atoms with van der Waals surface area (Å²) in [6, 6.07) is 21.1. The third-order valence-electron chi connectivity index (χ3n) is 5.62. The molecule has 1 aliphatic rings. The molecule has 0 heterocycles. The Kier molecular flexibility index (Phi) is 6.17. The number of halogens is 1. The maximum Gasteiger partial charge on any atom is 0.407 e. The minimum Gasteiger partial charge on any atom is -0.449 e. The molecule has 4 rings (SSSR count). The van der Waals surface area contributed by atoms with Crippen LogP contribution in [0.4, 0.5) is 9.18 Å². The van der Waals surface area contributed by atoms with Crippen LogP contribution in [0.15, 0.2) is 66.7 Å². The lowest BCUT2D eigenvalue weighted by Gasteiger charge is -2.19. The number of rotatable bonds is 6. The number of nitriles is 1. The molecule has 0 aliphatic heterocycles. The van der Waals surface area contributed by atoms with Crippen LogP contribution in [0, 0.1) is 17.1 Å². The lowest BCUT2D eigenvalue weighted by Crippen LogP contribution is -2.36. The van der Waals surface area contributed by atoms with E-state index in [9.17, 15) is 19.4 Å². The van der Waals surface area contributed by atoms with E-state index in [1.54, 1.807) is 6.07 Å². The summed E-state index contributed by atoms with van der Waals surface area (Å²) in [6.45, 7) is -0.154. The van der Waals surface area contributed by atoms with Crippen LogP contribution < -0.4 is 5.32 Å². The lowest BCUT2D eigenvalue weighted by atomic mass is 9.98. The van der Waals surface area contributed by atoms with Gasteiger partial charge in [-0.15, -0.1) is 0 Å². The summed E-state index contributed by atoms with van der Waals surface area (Å²) in [6.07, 6.45) is -3.50. The minimum atomic E-state index is -1.41. The third kappa shape index (κ3) is 4.19. The van der Waals surface area contributed by atoms with E-state index in [-0.39, 0.29) is 30.2 Å². The highest BCUT2D eigenvalue weighted by molar-refractivity contribution is 5.79. The summed E-state index contributed by atoms with van der Waals surface area (Å²) in [4.78, 5) is 12.2. The molecule has 0 spiro atoms. The average Bonchev–Trinajstić information content (AvgIpc) is 3.14. The van der Waals surface area contributed by atoms with Gasteiger partial charge in [0.2, 0.25) is 0 Å². The van der Waals surface area contributed by atoms with Crippen molar-refractivity contribution in [1.29, 1.82) is 5.26 Å². The van der Waals surface area contributed by atoms with Gasteiger partial charge in [0.25, 0.3) is 0 Å². The summed E-state index contributed by atoms with van der Waals surface area (Å²) in [5, 5.41) is 31.8. The van der Waals surface area contributed by atoms with Gasteiger partial charge in [-0.05, 0) is 39.9 Å². The zero-order valence-corrected chi connectivity index (χ0v) is 17.0. The van der Waals surface area contributed by atoms with E-state index >= 15 is 0 Å². The van der Waals surface area contributed by atoms with E-state index in [4.69, 9.17) is 10.00 Å². The number of fused-ring (bicyclic) bond motifs is 3. The van der Waals surface area contributed by atoms with Crippen LogP contribution in [-0.4, -0.2) is 35.6 Å². The number of hydrogen-bond donors (Lipinski definition) is 3. The zero-order chi connectivity index (χ0) is 22.7. The highest BCUT2D eigenvalue weighted by Crippen LogP contribution is 2.44. The predicted octanol–water partition coefficient (Wildman–Crippen LogP) is 3.63. The van der Waals surface area contributed by atoms with Gasteiger partial charge in [0.05, 0.1) is 5.56 Å². The summed E-state index contributed by atoms with van der Waals surface area (Å²) < 4.78 is 18.8. The van der Waals surface area contributed by atoms with Crippen LogP contribution >= 0.6 is 0 Å². The monoisotopic (exact) mass is 432 g/mol. The molecule has 162 valence electrons. The first-order chi connectivity index (χ1) is 15.5. The van der Waals surface area contributed by atoms with Gasteiger partial charge in [0.15, 0.2) is 0 Å². The fourth-order valence-electron chi connectivity index (χ4n) is 3.98. The maximum atomic E-state index is 13.4. The van der Waals surface area contributed by atoms with Crippen molar-refractivity contribution >= 4 is 6.09 Å². The molecule has 7 heteroatoms. The number of nitrogens with one attached hydrogen (secondary N) is 1. The van der Waals surface area contributed by atoms with Crippen LogP contribution in [0.1, 0.15) is 34.3 Å². The van der Waals surface area contributed by atoms with Crippen LogP contribution in [0.25, 0.3) is 11.1 Å². The predicted molar refractivity (Wildman–Crippen MR) is 115 cm³/mol. The highest BCUT2D eigenvalue weighted by Gasteiger charge is 2.29. The molecule has 0 bridgehead atoms. The SMILES string of the molecule is N#Cc1cc(C(O)C(O)CNC(=O)OCC2c3ccccc3-c3ccccc32)ccc1F. The molecular weight excluding hydrogens is 411 g/mol. The number of carbonyl (C=O) groups is 1. The van der Waals surface area contributed by atoms with Crippen LogP contribution in [0.3, 0.4) is 0 Å². The Labute approximate surface area is 184 Å². The smallest absolute Gasteiger partial charge is 0.407 e. The number of ether oxygens (including phenoxy) is 1. The molecule has 3 aromatic carbocycles. The third-order valence-corrected chi connectivity index (χ3v) is 5.62. The standard InChI is InChI=1S/C25H21FN2O4/c26-22-10-9-15(11-16(22)12-27)24(30)23(29)13-28-25(31)32-14-21-19-7-3-1-5-17(19)18-6-2-4-8-20(18)21/h1-11,21,23-24,29-30H,13-14H2,(H,28,31). The van der Waals surface area contributed by atoms with Crippen LogP contribution in [-0.2, 0) is 4.74 Å². The van der Waals surface area contributed by atoms with Crippen molar-refractivity contribution in [3.05, 3.63) is 94.8 Å². The molecule has 0 saturated carbocycles. The largest absolute Gasteiger partial charge is 0.449 e. The fourth-order valence-corrected chi connectivity index (χ4v) is 3.98. The molecule has 2 unspecified atom stereocenters. The lowest BCUT2D eigenvalue weighted by molar-refractivity contribution is 0.0185. The highest BCUT2D eigenvalue weighted by atomic mass is 19.1.